The van der Waals surface area contributed by atoms with Gasteiger partial charge in [0.25, 0.3) is 0 Å². The van der Waals surface area contributed by atoms with E-state index in [-0.39, 0.29) is 0 Å². The van der Waals surface area contributed by atoms with Crippen LogP contribution in [0.5, 0.6) is 5.75 Å². The van der Waals surface area contributed by atoms with Crippen molar-refractivity contribution in [1.29, 1.82) is 0 Å². The predicted molar refractivity (Wildman–Crippen MR) is 80.6 cm³/mol. The van der Waals surface area contributed by atoms with E-state index in [4.69, 9.17) is 4.74 Å². The Kier molecular flexibility index (Phi) is 5.46. The first-order chi connectivity index (χ1) is 9.35. The van der Waals surface area contributed by atoms with Gasteiger partial charge in [0.1, 0.15) is 5.75 Å². The lowest BCUT2D eigenvalue weighted by Gasteiger charge is -2.20. The van der Waals surface area contributed by atoms with Gasteiger partial charge in [0.2, 0.25) is 0 Å². The highest BCUT2D eigenvalue weighted by molar-refractivity contribution is 5.35. The lowest BCUT2D eigenvalue weighted by atomic mass is 9.98. The van der Waals surface area contributed by atoms with Crippen molar-refractivity contribution in [3.05, 3.63) is 41.5 Å². The lowest BCUT2D eigenvalue weighted by Crippen LogP contribution is -2.22. The van der Waals surface area contributed by atoms with Gasteiger partial charge in [-0.1, -0.05) is 37.6 Å². The minimum atomic E-state index is 0.359. The first-order valence-electron chi connectivity index (χ1n) is 7.50. The van der Waals surface area contributed by atoms with Gasteiger partial charge >= 0.3 is 0 Å². The summed E-state index contributed by atoms with van der Waals surface area (Å²) in [5, 5.41) is 3.60. The fourth-order valence-corrected chi connectivity index (χ4v) is 2.63. The summed E-state index contributed by atoms with van der Waals surface area (Å²) in [7, 11) is 0. The third-order valence-electron chi connectivity index (χ3n) is 3.52. The SMILES string of the molecule is CCCOc1cccc(C(NCC)C2=CCCC2)c1. The maximum atomic E-state index is 5.74. The second kappa shape index (κ2) is 7.34. The molecule has 0 amide bonds. The van der Waals surface area contributed by atoms with Crippen LogP contribution in [0.3, 0.4) is 0 Å². The van der Waals surface area contributed by atoms with Crippen LogP contribution in [0, 0.1) is 0 Å². The monoisotopic (exact) mass is 259 g/mol. The second-order valence-corrected chi connectivity index (χ2v) is 5.08. The third-order valence-corrected chi connectivity index (χ3v) is 3.52. The Balaban J connectivity index is 2.16. The summed E-state index contributed by atoms with van der Waals surface area (Å²) < 4.78 is 5.74. The Morgan fingerprint density at radius 1 is 1.32 bits per heavy atom. The Morgan fingerprint density at radius 2 is 2.21 bits per heavy atom. The van der Waals surface area contributed by atoms with Crippen molar-refractivity contribution < 1.29 is 4.74 Å². The molecule has 1 aromatic rings. The Morgan fingerprint density at radius 3 is 2.89 bits per heavy atom. The van der Waals surface area contributed by atoms with Crippen LogP contribution >= 0.6 is 0 Å². The first-order valence-corrected chi connectivity index (χ1v) is 7.50. The smallest absolute Gasteiger partial charge is 0.119 e. The van der Waals surface area contributed by atoms with Gasteiger partial charge in [0, 0.05) is 0 Å². The van der Waals surface area contributed by atoms with Gasteiger partial charge < -0.3 is 10.1 Å². The molecule has 1 aromatic carbocycles. The molecule has 1 atom stereocenters. The van der Waals surface area contributed by atoms with E-state index in [0.29, 0.717) is 6.04 Å². The molecule has 2 heteroatoms. The zero-order chi connectivity index (χ0) is 13.5. The van der Waals surface area contributed by atoms with E-state index >= 15 is 0 Å². The highest BCUT2D eigenvalue weighted by atomic mass is 16.5. The molecular weight excluding hydrogens is 234 g/mol. The maximum Gasteiger partial charge on any atom is 0.119 e. The summed E-state index contributed by atoms with van der Waals surface area (Å²) in [5.74, 6) is 0.987. The van der Waals surface area contributed by atoms with Crippen LogP contribution in [0.2, 0.25) is 0 Å². The zero-order valence-electron chi connectivity index (χ0n) is 12.1. The van der Waals surface area contributed by atoms with Crippen LogP contribution < -0.4 is 10.1 Å². The number of ether oxygens (including phenoxy) is 1. The topological polar surface area (TPSA) is 21.3 Å². The molecule has 0 aromatic heterocycles. The number of benzene rings is 1. The summed E-state index contributed by atoms with van der Waals surface area (Å²) in [6.07, 6.45) is 7.18. The summed E-state index contributed by atoms with van der Waals surface area (Å²) in [5.41, 5.74) is 2.86. The normalized spacial score (nSPS) is 16.2. The standard InChI is InChI=1S/C17H25NO/c1-3-12-19-16-11-7-10-15(13-16)17(18-4-2)14-8-5-6-9-14/h7-8,10-11,13,17-18H,3-6,9,12H2,1-2H3. The maximum absolute atomic E-state index is 5.74. The number of nitrogens with one attached hydrogen (secondary N) is 1. The van der Waals surface area contributed by atoms with E-state index in [1.165, 1.54) is 30.4 Å². The summed E-state index contributed by atoms with van der Waals surface area (Å²) in [4.78, 5) is 0. The van der Waals surface area contributed by atoms with Gasteiger partial charge in [0.15, 0.2) is 0 Å². The van der Waals surface area contributed by atoms with Crippen molar-refractivity contribution in [2.75, 3.05) is 13.2 Å². The molecule has 0 spiro atoms. The van der Waals surface area contributed by atoms with Crippen LogP contribution in [-0.2, 0) is 0 Å². The minimum absolute atomic E-state index is 0.359. The fraction of sp³-hybridized carbons (Fsp3) is 0.529. The minimum Gasteiger partial charge on any atom is -0.494 e. The quantitative estimate of drug-likeness (QED) is 0.740. The van der Waals surface area contributed by atoms with Gasteiger partial charge in [-0.3, -0.25) is 0 Å². The summed E-state index contributed by atoms with van der Waals surface area (Å²) in [6.45, 7) is 6.08. The number of likely N-dealkylation sites (N-methyl/N-ethyl adjacent to an activating group) is 1. The molecule has 2 rings (SSSR count). The molecule has 0 radical (unpaired) electrons. The van der Waals surface area contributed by atoms with Gasteiger partial charge in [-0.05, 0) is 49.9 Å². The molecule has 19 heavy (non-hydrogen) atoms. The molecule has 104 valence electrons. The second-order valence-electron chi connectivity index (χ2n) is 5.08. The van der Waals surface area contributed by atoms with Crippen LogP contribution in [0.25, 0.3) is 0 Å². The molecular formula is C17H25NO. The molecule has 1 aliphatic rings. The molecule has 1 aliphatic carbocycles. The third kappa shape index (κ3) is 3.84. The lowest BCUT2D eigenvalue weighted by molar-refractivity contribution is 0.317. The van der Waals surface area contributed by atoms with Gasteiger partial charge in [-0.2, -0.15) is 0 Å². The van der Waals surface area contributed by atoms with Crippen molar-refractivity contribution in [1.82, 2.24) is 5.32 Å². The average molecular weight is 259 g/mol. The molecule has 0 aliphatic heterocycles. The fourth-order valence-electron chi connectivity index (χ4n) is 2.63. The number of hydrogen-bond acceptors (Lipinski definition) is 2. The predicted octanol–water partition coefficient (Wildman–Crippen LogP) is 4.24. The average Bonchev–Trinajstić information content (AvgIpc) is 2.96. The molecule has 0 saturated heterocycles. The van der Waals surface area contributed by atoms with E-state index in [1.807, 2.05) is 6.07 Å². The first kappa shape index (κ1) is 14.1. The molecule has 1 unspecified atom stereocenters. The highest BCUT2D eigenvalue weighted by Gasteiger charge is 2.18. The van der Waals surface area contributed by atoms with E-state index in [9.17, 15) is 0 Å². The molecule has 0 fully saturated rings. The van der Waals surface area contributed by atoms with Crippen LogP contribution in [0.15, 0.2) is 35.9 Å². The summed E-state index contributed by atoms with van der Waals surface area (Å²) in [6, 6.07) is 8.89. The molecule has 0 heterocycles. The largest absolute Gasteiger partial charge is 0.494 e. The number of rotatable bonds is 7. The van der Waals surface area contributed by atoms with Crippen LogP contribution in [0.4, 0.5) is 0 Å². The van der Waals surface area contributed by atoms with Crippen LogP contribution in [-0.4, -0.2) is 13.2 Å². The van der Waals surface area contributed by atoms with E-state index in [2.05, 4.69) is 43.4 Å². The highest BCUT2D eigenvalue weighted by Crippen LogP contribution is 2.32. The van der Waals surface area contributed by atoms with Crippen molar-refractivity contribution in [2.45, 2.75) is 45.6 Å². The molecule has 2 nitrogen and oxygen atoms in total. The molecule has 0 saturated carbocycles. The van der Waals surface area contributed by atoms with Gasteiger partial charge in [-0.15, -0.1) is 0 Å². The van der Waals surface area contributed by atoms with Crippen molar-refractivity contribution in [2.24, 2.45) is 0 Å². The van der Waals surface area contributed by atoms with Crippen LogP contribution in [0.1, 0.15) is 51.1 Å². The Labute approximate surface area is 116 Å². The summed E-state index contributed by atoms with van der Waals surface area (Å²) >= 11 is 0. The van der Waals surface area contributed by atoms with Gasteiger partial charge in [0.05, 0.1) is 12.6 Å². The zero-order valence-corrected chi connectivity index (χ0v) is 12.1. The van der Waals surface area contributed by atoms with E-state index in [0.717, 1.165) is 25.3 Å². The Bertz CT molecular complexity index is 425. The van der Waals surface area contributed by atoms with E-state index < -0.39 is 0 Å². The van der Waals surface area contributed by atoms with Crippen molar-refractivity contribution in [3.63, 3.8) is 0 Å². The molecule has 1 N–H and O–H groups in total. The van der Waals surface area contributed by atoms with Gasteiger partial charge in [-0.25, -0.2) is 0 Å². The van der Waals surface area contributed by atoms with Crippen molar-refractivity contribution in [3.8, 4) is 5.75 Å². The van der Waals surface area contributed by atoms with Crippen molar-refractivity contribution >= 4 is 0 Å². The number of hydrogen-bond donors (Lipinski definition) is 1. The number of allylic oxidation sites excluding steroid dienone is 1. The Hall–Kier alpha value is -1.28. The molecule has 0 bridgehead atoms. The van der Waals surface area contributed by atoms with E-state index in [1.54, 1.807) is 0 Å².